The van der Waals surface area contributed by atoms with E-state index in [2.05, 4.69) is 46.4 Å². The number of aromatic hydroxyl groups is 2. The zero-order valence-electron chi connectivity index (χ0n) is 39.1. The predicted octanol–water partition coefficient (Wildman–Crippen LogP) is 10.0. The molecule has 2 saturated heterocycles. The van der Waals surface area contributed by atoms with Crippen molar-refractivity contribution in [3.8, 4) is 34.3 Å². The van der Waals surface area contributed by atoms with Crippen molar-refractivity contribution >= 4 is 57.9 Å². The molecule has 4 aromatic carbocycles. The molecule has 17 heteroatoms. The van der Waals surface area contributed by atoms with Gasteiger partial charge in [0.25, 0.3) is 0 Å². The van der Waals surface area contributed by atoms with Gasteiger partial charge in [-0.15, -0.1) is 12.4 Å². The molecular weight excluding hydrogens is 882 g/mol. The number of hydrogen-bond acceptors (Lipinski definition) is 12. The number of amides is 2. The van der Waals surface area contributed by atoms with Crippen LogP contribution >= 0.6 is 12.4 Å². The molecule has 0 unspecified atom stereocenters. The number of halogens is 3. The number of phenolic OH excluding ortho intramolecular Hbond substituents is 2. The number of aryl methyl sites for hydroxylation is 2. The Morgan fingerprint density at radius 1 is 0.687 bits per heavy atom. The van der Waals surface area contributed by atoms with E-state index in [-0.39, 0.29) is 69.6 Å². The van der Waals surface area contributed by atoms with Gasteiger partial charge < -0.3 is 40.1 Å². The predicted molar refractivity (Wildman–Crippen MR) is 259 cm³/mol. The highest BCUT2D eigenvalue weighted by atomic mass is 35.5. The second kappa shape index (κ2) is 20.5. The first kappa shape index (κ1) is 49.9. The standard InChI is InChI=1S/2C25H29FN4O3.ClH/c1-15-10-19-17(12-27-23(29-19)22-18(26)6-5-7-21(22)31)20(11-15)30-9-8-16(13-30)28-24(32)33-14-25(2,3)4;1-15-8-9-17-19(12-15)28-22(21-18(26)6-5-7-20(21)31)29-23(17)30-11-10-16(13-30)27-24(32)33-14-25(2,3)4;/h5-7,10-12,16,31H,8-9,13-14H2,1-4H3,(H,28,32);5-9,12,16,31H,10-11,13-14H2,1-4H3,(H,27,32);1H/t2*16-;/m11./s1. The van der Waals surface area contributed by atoms with Gasteiger partial charge in [-0.3, -0.25) is 0 Å². The average Bonchev–Trinajstić information content (AvgIpc) is 3.91. The molecule has 8 rings (SSSR count). The molecule has 2 atom stereocenters. The lowest BCUT2D eigenvalue weighted by Gasteiger charge is -2.22. The van der Waals surface area contributed by atoms with Crippen LogP contribution in [-0.2, 0) is 9.47 Å². The fourth-order valence-electron chi connectivity index (χ4n) is 7.83. The van der Waals surface area contributed by atoms with Crippen LogP contribution in [0.25, 0.3) is 44.6 Å². The van der Waals surface area contributed by atoms with Crippen molar-refractivity contribution in [3.63, 3.8) is 0 Å². The number of alkyl carbamates (subject to hydrolysis) is 2. The Hall–Kier alpha value is -6.55. The third kappa shape index (κ3) is 12.5. The molecule has 2 aromatic heterocycles. The summed E-state index contributed by atoms with van der Waals surface area (Å²) in [5.41, 5.74) is 4.07. The third-order valence-electron chi connectivity index (χ3n) is 11.0. The summed E-state index contributed by atoms with van der Waals surface area (Å²) in [4.78, 5) is 46.7. The van der Waals surface area contributed by atoms with Crippen LogP contribution in [-0.4, -0.2) is 93.8 Å². The van der Waals surface area contributed by atoms with Crippen LogP contribution in [0.5, 0.6) is 11.5 Å². The lowest BCUT2D eigenvalue weighted by molar-refractivity contribution is 0.103. The SMILES string of the molecule is Cc1cc(N2CC[C@@H](NC(=O)OCC(C)(C)C)C2)c2cnc(-c3c(O)cccc3F)nc2c1.Cc1ccc2c(N3CC[C@@H](NC(=O)OCC(C)(C)C)C3)nc(-c3c(O)cccc3F)nc2c1.Cl. The Bertz CT molecular complexity index is 2710. The van der Waals surface area contributed by atoms with Crippen molar-refractivity contribution in [1.29, 1.82) is 0 Å². The van der Waals surface area contributed by atoms with Crippen molar-refractivity contribution in [2.75, 3.05) is 49.2 Å². The number of anilines is 2. The van der Waals surface area contributed by atoms with Crippen molar-refractivity contribution in [3.05, 3.63) is 95.7 Å². The first-order chi connectivity index (χ1) is 31.2. The van der Waals surface area contributed by atoms with Crippen molar-refractivity contribution in [2.24, 2.45) is 10.8 Å². The van der Waals surface area contributed by atoms with Gasteiger partial charge in [0.2, 0.25) is 0 Å². The highest BCUT2D eigenvalue weighted by molar-refractivity contribution is 5.94. The van der Waals surface area contributed by atoms with Gasteiger partial charge in [-0.25, -0.2) is 38.3 Å². The highest BCUT2D eigenvalue weighted by Gasteiger charge is 2.30. The Labute approximate surface area is 395 Å². The van der Waals surface area contributed by atoms with Gasteiger partial charge in [-0.1, -0.05) is 59.7 Å². The fraction of sp³-hybridized carbons (Fsp3) is 0.400. The summed E-state index contributed by atoms with van der Waals surface area (Å²) in [5, 5.41) is 27.9. The maximum atomic E-state index is 14.6. The zero-order chi connectivity index (χ0) is 47.5. The number of nitrogens with zero attached hydrogens (tertiary/aromatic N) is 6. The number of hydrogen-bond donors (Lipinski definition) is 4. The number of carbonyl (C=O) groups is 2. The molecule has 67 heavy (non-hydrogen) atoms. The molecule has 2 aliphatic rings. The second-order valence-corrected chi connectivity index (χ2v) is 19.5. The van der Waals surface area contributed by atoms with Gasteiger partial charge >= 0.3 is 12.2 Å². The highest BCUT2D eigenvalue weighted by Crippen LogP contribution is 2.36. The van der Waals surface area contributed by atoms with E-state index < -0.39 is 23.8 Å². The summed E-state index contributed by atoms with van der Waals surface area (Å²) in [6.07, 6.45) is 2.35. The maximum Gasteiger partial charge on any atom is 0.407 e. The van der Waals surface area contributed by atoms with Crippen LogP contribution in [0.3, 0.4) is 0 Å². The minimum absolute atomic E-state index is 0. The molecule has 2 amide bonds. The minimum atomic E-state index is -0.587. The van der Waals surface area contributed by atoms with E-state index in [4.69, 9.17) is 9.47 Å². The summed E-state index contributed by atoms with van der Waals surface area (Å²) in [6.45, 7) is 19.3. The normalized spacial score (nSPS) is 16.0. The van der Waals surface area contributed by atoms with Gasteiger partial charge in [0, 0.05) is 48.8 Å². The van der Waals surface area contributed by atoms with E-state index in [1.807, 2.05) is 79.7 Å². The zero-order valence-corrected chi connectivity index (χ0v) is 39.9. The number of phenols is 2. The number of aromatic nitrogens is 4. The topological polar surface area (TPSA) is 175 Å². The van der Waals surface area contributed by atoms with E-state index in [1.165, 1.54) is 36.4 Å². The Balaban J connectivity index is 0.000000218. The summed E-state index contributed by atoms with van der Waals surface area (Å²) >= 11 is 0. The van der Waals surface area contributed by atoms with Crippen molar-refractivity contribution < 1.29 is 38.1 Å². The molecule has 2 fully saturated rings. The van der Waals surface area contributed by atoms with Gasteiger partial charge in [-0.05, 0) is 97.2 Å². The van der Waals surface area contributed by atoms with Crippen LogP contribution < -0.4 is 20.4 Å². The summed E-state index contributed by atoms with van der Waals surface area (Å²) < 4.78 is 39.6. The minimum Gasteiger partial charge on any atom is -0.507 e. The quantitative estimate of drug-likeness (QED) is 0.114. The molecule has 0 spiro atoms. The molecule has 356 valence electrons. The molecule has 4 heterocycles. The summed E-state index contributed by atoms with van der Waals surface area (Å²) in [5.74, 6) is -0.670. The van der Waals surface area contributed by atoms with Gasteiger partial charge in [0.15, 0.2) is 11.6 Å². The van der Waals surface area contributed by atoms with Crippen molar-refractivity contribution in [2.45, 2.75) is 80.3 Å². The molecule has 0 bridgehead atoms. The number of fused-ring (bicyclic) bond motifs is 2. The Morgan fingerprint density at radius 2 is 1.19 bits per heavy atom. The van der Waals surface area contributed by atoms with Crippen LogP contribution in [0, 0.1) is 36.3 Å². The van der Waals surface area contributed by atoms with Crippen LogP contribution in [0.15, 0.2) is 72.9 Å². The Morgan fingerprint density at radius 3 is 1.76 bits per heavy atom. The first-order valence-corrected chi connectivity index (χ1v) is 22.1. The van der Waals surface area contributed by atoms with Crippen LogP contribution in [0.2, 0.25) is 0 Å². The van der Waals surface area contributed by atoms with Crippen LogP contribution in [0.1, 0.15) is 65.5 Å². The van der Waals surface area contributed by atoms with E-state index in [0.717, 1.165) is 47.0 Å². The molecule has 14 nitrogen and oxygen atoms in total. The molecule has 4 N–H and O–H groups in total. The van der Waals surface area contributed by atoms with E-state index in [9.17, 15) is 28.6 Å². The third-order valence-corrected chi connectivity index (χ3v) is 11.0. The van der Waals surface area contributed by atoms with Gasteiger partial charge in [0.05, 0.1) is 47.5 Å². The summed E-state index contributed by atoms with van der Waals surface area (Å²) in [6, 6.07) is 17.9. The number of carbonyl (C=O) groups excluding carboxylic acids is 2. The van der Waals surface area contributed by atoms with Gasteiger partial charge in [0.1, 0.15) is 29.0 Å². The van der Waals surface area contributed by atoms with Gasteiger partial charge in [-0.2, -0.15) is 0 Å². The lowest BCUT2D eigenvalue weighted by Crippen LogP contribution is -2.38. The average molecular weight is 942 g/mol. The molecule has 0 saturated carbocycles. The van der Waals surface area contributed by atoms with Crippen LogP contribution in [0.4, 0.5) is 29.9 Å². The largest absolute Gasteiger partial charge is 0.507 e. The summed E-state index contributed by atoms with van der Waals surface area (Å²) in [7, 11) is 0. The van der Waals surface area contributed by atoms with E-state index in [1.54, 1.807) is 6.20 Å². The first-order valence-electron chi connectivity index (χ1n) is 22.1. The molecule has 0 aliphatic carbocycles. The van der Waals surface area contributed by atoms with E-state index in [0.29, 0.717) is 49.7 Å². The molecule has 6 aromatic rings. The Kier molecular flexibility index (Phi) is 15.3. The maximum absolute atomic E-state index is 14.6. The van der Waals surface area contributed by atoms with E-state index >= 15 is 0 Å². The molecule has 2 aliphatic heterocycles. The fourth-order valence-corrected chi connectivity index (χ4v) is 7.83. The number of rotatable bonds is 8. The number of benzene rings is 4. The smallest absolute Gasteiger partial charge is 0.407 e. The monoisotopic (exact) mass is 940 g/mol. The molecular formula is C50H59ClF2N8O6. The molecule has 0 radical (unpaired) electrons. The number of nitrogens with one attached hydrogen (secondary N) is 2. The lowest BCUT2D eigenvalue weighted by atomic mass is 9.99. The number of ether oxygens (including phenoxy) is 2. The van der Waals surface area contributed by atoms with Crippen molar-refractivity contribution in [1.82, 2.24) is 30.6 Å². The second-order valence-electron chi connectivity index (χ2n) is 19.5.